The summed E-state index contributed by atoms with van der Waals surface area (Å²) < 4.78 is 0. The molecule has 0 aromatic heterocycles. The van der Waals surface area contributed by atoms with Crippen LogP contribution in [0.15, 0.2) is 29.3 Å². The smallest absolute Gasteiger partial charge is 0.225 e. The maximum absolute atomic E-state index is 12.2. The molecule has 2 unspecified atom stereocenters. The Kier molecular flexibility index (Phi) is 11.0. The van der Waals surface area contributed by atoms with Gasteiger partial charge in [-0.15, -0.1) is 24.0 Å². The van der Waals surface area contributed by atoms with Crippen molar-refractivity contribution >= 4 is 35.8 Å². The van der Waals surface area contributed by atoms with Gasteiger partial charge in [-0.25, -0.2) is 0 Å². The number of guanidine groups is 1. The van der Waals surface area contributed by atoms with Gasteiger partial charge in [-0.1, -0.05) is 45.0 Å². The number of nitrogens with zero attached hydrogens (tertiary/aromatic N) is 3. The van der Waals surface area contributed by atoms with Gasteiger partial charge in [0.25, 0.3) is 0 Å². The molecule has 0 radical (unpaired) electrons. The van der Waals surface area contributed by atoms with Crippen molar-refractivity contribution in [3.8, 4) is 0 Å². The fraction of sp³-hybridized carbons (Fsp3) is 0.636. The lowest BCUT2D eigenvalue weighted by atomic mass is 10.0. The minimum atomic E-state index is 0. The normalized spacial score (nSPS) is 18.0. The number of likely N-dealkylation sites (tertiary alicyclic amines) is 1. The zero-order valence-corrected chi connectivity index (χ0v) is 21.1. The summed E-state index contributed by atoms with van der Waals surface area (Å²) in [6.45, 7) is 8.41. The van der Waals surface area contributed by atoms with Crippen molar-refractivity contribution in [1.82, 2.24) is 20.4 Å². The Hall–Kier alpha value is -1.35. The SMILES string of the molecule is CCc1ccc(C(CNC(=NC)NC2CCN(C(=O)C(C)C)C2)N(C)C)cc1.I. The van der Waals surface area contributed by atoms with Gasteiger partial charge < -0.3 is 20.4 Å². The molecular formula is C22H38IN5O. The van der Waals surface area contributed by atoms with Gasteiger partial charge in [0.15, 0.2) is 5.96 Å². The van der Waals surface area contributed by atoms with Crippen molar-refractivity contribution in [2.45, 2.75) is 45.7 Å². The number of aliphatic imine (C=N–C) groups is 1. The Labute approximate surface area is 193 Å². The van der Waals surface area contributed by atoms with Crippen LogP contribution in [0.1, 0.15) is 44.4 Å². The van der Waals surface area contributed by atoms with Gasteiger partial charge in [-0.05, 0) is 38.1 Å². The zero-order valence-electron chi connectivity index (χ0n) is 18.7. The quantitative estimate of drug-likeness (QED) is 0.333. The molecule has 2 rings (SSSR count). The summed E-state index contributed by atoms with van der Waals surface area (Å²) in [4.78, 5) is 20.7. The molecule has 0 spiro atoms. The summed E-state index contributed by atoms with van der Waals surface area (Å²) >= 11 is 0. The number of carbonyl (C=O) groups is 1. The molecule has 6 nitrogen and oxygen atoms in total. The molecule has 1 saturated heterocycles. The minimum Gasteiger partial charge on any atom is -0.354 e. The first-order valence-electron chi connectivity index (χ1n) is 10.4. The van der Waals surface area contributed by atoms with Gasteiger partial charge >= 0.3 is 0 Å². The average Bonchev–Trinajstić information content (AvgIpc) is 3.15. The predicted octanol–water partition coefficient (Wildman–Crippen LogP) is 2.89. The lowest BCUT2D eigenvalue weighted by molar-refractivity contribution is -0.133. The molecule has 1 heterocycles. The van der Waals surface area contributed by atoms with E-state index in [2.05, 4.69) is 65.8 Å². The molecule has 0 saturated carbocycles. The third-order valence-electron chi connectivity index (χ3n) is 5.42. The highest BCUT2D eigenvalue weighted by Crippen LogP contribution is 2.18. The summed E-state index contributed by atoms with van der Waals surface area (Å²) in [6, 6.07) is 9.35. The van der Waals surface area contributed by atoms with Gasteiger partial charge in [-0.3, -0.25) is 9.79 Å². The molecule has 164 valence electrons. The Bertz CT molecular complexity index is 660. The lowest BCUT2D eigenvalue weighted by Crippen LogP contribution is -2.47. The number of hydrogen-bond acceptors (Lipinski definition) is 3. The Balaban J connectivity index is 0.00000420. The van der Waals surface area contributed by atoms with Crippen molar-refractivity contribution in [3.05, 3.63) is 35.4 Å². The van der Waals surface area contributed by atoms with Gasteiger partial charge in [0.05, 0.1) is 6.04 Å². The first kappa shape index (κ1) is 25.7. The maximum atomic E-state index is 12.2. The molecule has 0 bridgehead atoms. The van der Waals surface area contributed by atoms with Crippen molar-refractivity contribution < 1.29 is 4.79 Å². The van der Waals surface area contributed by atoms with E-state index in [-0.39, 0.29) is 47.9 Å². The van der Waals surface area contributed by atoms with Crippen LogP contribution in [0.2, 0.25) is 0 Å². The number of halogens is 1. The third kappa shape index (κ3) is 7.44. The van der Waals surface area contributed by atoms with E-state index in [0.29, 0.717) is 0 Å². The second-order valence-corrected chi connectivity index (χ2v) is 8.10. The van der Waals surface area contributed by atoms with Crippen molar-refractivity contribution in [2.75, 3.05) is 40.8 Å². The van der Waals surface area contributed by atoms with E-state index in [9.17, 15) is 4.79 Å². The van der Waals surface area contributed by atoms with E-state index in [1.54, 1.807) is 7.05 Å². The van der Waals surface area contributed by atoms with Crippen LogP contribution in [-0.2, 0) is 11.2 Å². The van der Waals surface area contributed by atoms with Gasteiger partial charge in [0, 0.05) is 38.6 Å². The van der Waals surface area contributed by atoms with Crippen molar-refractivity contribution in [3.63, 3.8) is 0 Å². The summed E-state index contributed by atoms with van der Waals surface area (Å²) in [5.41, 5.74) is 2.65. The Morgan fingerprint density at radius 2 is 1.93 bits per heavy atom. The molecule has 2 N–H and O–H groups in total. The van der Waals surface area contributed by atoms with E-state index in [0.717, 1.165) is 38.4 Å². The van der Waals surface area contributed by atoms with E-state index < -0.39 is 0 Å². The monoisotopic (exact) mass is 515 g/mol. The van der Waals surface area contributed by atoms with Crippen LogP contribution in [0.25, 0.3) is 0 Å². The highest BCUT2D eigenvalue weighted by molar-refractivity contribution is 14.0. The number of likely N-dealkylation sites (N-methyl/N-ethyl adjacent to an activating group) is 1. The number of nitrogens with one attached hydrogen (secondary N) is 2. The topological polar surface area (TPSA) is 60.0 Å². The van der Waals surface area contributed by atoms with Gasteiger partial charge in [-0.2, -0.15) is 0 Å². The molecule has 1 aromatic carbocycles. The van der Waals surface area contributed by atoms with Crippen LogP contribution in [-0.4, -0.2) is 68.5 Å². The fourth-order valence-corrected chi connectivity index (χ4v) is 3.60. The van der Waals surface area contributed by atoms with Crippen LogP contribution in [0.5, 0.6) is 0 Å². The van der Waals surface area contributed by atoms with Crippen LogP contribution >= 0.6 is 24.0 Å². The van der Waals surface area contributed by atoms with E-state index in [1.807, 2.05) is 18.7 Å². The molecule has 0 aliphatic carbocycles. The molecule has 2 atom stereocenters. The summed E-state index contributed by atoms with van der Waals surface area (Å²) in [5, 5.41) is 6.95. The molecule has 1 amide bonds. The number of aryl methyl sites for hydroxylation is 1. The van der Waals surface area contributed by atoms with E-state index >= 15 is 0 Å². The van der Waals surface area contributed by atoms with Crippen LogP contribution in [0.3, 0.4) is 0 Å². The van der Waals surface area contributed by atoms with E-state index in [1.165, 1.54) is 11.1 Å². The second kappa shape index (κ2) is 12.4. The van der Waals surface area contributed by atoms with Gasteiger partial charge in [0.2, 0.25) is 5.91 Å². The number of hydrogen-bond donors (Lipinski definition) is 2. The molecule has 29 heavy (non-hydrogen) atoms. The number of rotatable bonds is 7. The first-order valence-corrected chi connectivity index (χ1v) is 10.4. The first-order chi connectivity index (χ1) is 13.3. The zero-order chi connectivity index (χ0) is 20.7. The van der Waals surface area contributed by atoms with Crippen molar-refractivity contribution in [1.29, 1.82) is 0 Å². The van der Waals surface area contributed by atoms with Crippen LogP contribution < -0.4 is 10.6 Å². The average molecular weight is 515 g/mol. The molecule has 1 aliphatic heterocycles. The van der Waals surface area contributed by atoms with Crippen LogP contribution in [0.4, 0.5) is 0 Å². The third-order valence-corrected chi connectivity index (χ3v) is 5.42. The van der Waals surface area contributed by atoms with Gasteiger partial charge in [0.1, 0.15) is 0 Å². The Morgan fingerprint density at radius 3 is 2.45 bits per heavy atom. The van der Waals surface area contributed by atoms with E-state index in [4.69, 9.17) is 0 Å². The summed E-state index contributed by atoms with van der Waals surface area (Å²) in [7, 11) is 5.99. The maximum Gasteiger partial charge on any atom is 0.225 e. The standard InChI is InChI=1S/C22H37N5O.HI/c1-7-17-8-10-18(11-9-17)20(26(5)6)14-24-22(23-4)25-19-12-13-27(15-19)21(28)16(2)3;/h8-11,16,19-20H,7,12-15H2,1-6H3,(H2,23,24,25);1H. The predicted molar refractivity (Wildman–Crippen MR) is 132 cm³/mol. The lowest BCUT2D eigenvalue weighted by Gasteiger charge is -2.27. The molecule has 7 heteroatoms. The summed E-state index contributed by atoms with van der Waals surface area (Å²) in [5.74, 6) is 1.08. The number of benzene rings is 1. The fourth-order valence-electron chi connectivity index (χ4n) is 3.60. The highest BCUT2D eigenvalue weighted by atomic mass is 127. The molecule has 1 aliphatic rings. The molecule has 1 fully saturated rings. The largest absolute Gasteiger partial charge is 0.354 e. The highest BCUT2D eigenvalue weighted by Gasteiger charge is 2.28. The minimum absolute atomic E-state index is 0. The molecule has 1 aromatic rings. The summed E-state index contributed by atoms with van der Waals surface area (Å²) in [6.07, 6.45) is 2.01. The molecular weight excluding hydrogens is 477 g/mol. The van der Waals surface area contributed by atoms with Crippen LogP contribution in [0, 0.1) is 5.92 Å². The second-order valence-electron chi connectivity index (χ2n) is 8.10. The number of carbonyl (C=O) groups excluding carboxylic acids is 1. The Morgan fingerprint density at radius 1 is 1.28 bits per heavy atom. The van der Waals surface area contributed by atoms with Crippen molar-refractivity contribution in [2.24, 2.45) is 10.9 Å². The number of amides is 1.